The minimum atomic E-state index is -0.823. The summed E-state index contributed by atoms with van der Waals surface area (Å²) in [6.07, 6.45) is 3.17. The van der Waals surface area contributed by atoms with Crippen molar-refractivity contribution in [2.45, 2.75) is 63.5 Å². The van der Waals surface area contributed by atoms with Crippen molar-refractivity contribution >= 4 is 18.0 Å². The third kappa shape index (κ3) is 5.24. The number of rotatable bonds is 9. The van der Waals surface area contributed by atoms with Crippen LogP contribution in [0, 0.1) is 5.92 Å². The molecule has 2 aliphatic carbocycles. The highest BCUT2D eigenvalue weighted by molar-refractivity contribution is 5.86. The van der Waals surface area contributed by atoms with E-state index in [1.54, 1.807) is 0 Å². The molecule has 1 saturated carbocycles. The number of aliphatic carboxylic acids is 1. The molecule has 0 bridgehead atoms. The van der Waals surface area contributed by atoms with Crippen LogP contribution in [0.3, 0.4) is 0 Å². The monoisotopic (exact) mass is 464 g/mol. The molecule has 0 aliphatic heterocycles. The first-order chi connectivity index (χ1) is 16.5. The van der Waals surface area contributed by atoms with Gasteiger partial charge in [0.15, 0.2) is 0 Å². The van der Waals surface area contributed by atoms with Gasteiger partial charge in [-0.15, -0.1) is 0 Å². The fraction of sp³-hybridized carbons (Fsp3) is 0.444. The topological polar surface area (TPSA) is 105 Å². The van der Waals surface area contributed by atoms with Gasteiger partial charge in [-0.25, -0.2) is 4.79 Å². The van der Waals surface area contributed by atoms with Crippen LogP contribution in [-0.4, -0.2) is 41.8 Å². The van der Waals surface area contributed by atoms with Crippen LogP contribution in [0.4, 0.5) is 4.79 Å². The summed E-state index contributed by atoms with van der Waals surface area (Å²) in [5, 5.41) is 14.9. The molecule has 0 radical (unpaired) electrons. The van der Waals surface area contributed by atoms with E-state index in [0.717, 1.165) is 35.1 Å². The van der Waals surface area contributed by atoms with Crippen molar-refractivity contribution in [1.29, 1.82) is 0 Å². The highest BCUT2D eigenvalue weighted by Gasteiger charge is 2.33. The van der Waals surface area contributed by atoms with Gasteiger partial charge in [0.25, 0.3) is 0 Å². The second-order valence-electron chi connectivity index (χ2n) is 9.22. The zero-order chi connectivity index (χ0) is 24.1. The molecule has 0 saturated heterocycles. The third-order valence-corrected chi connectivity index (χ3v) is 6.93. The standard InChI is InChI=1S/C27H32N2O5/c1-2-3-12-24(25(30)28-18-14-13-17(15-18)26(31)32)29-27(33)34-16-23-21-10-6-4-8-19(21)20-9-5-7-11-22(20)23/h4-11,17-18,23-24H,2-3,12-16H2,1H3,(H,28,30)(H,29,33)(H,31,32)/t17-,18+,24?/m0/s1. The number of carbonyl (C=O) groups excluding carboxylic acids is 2. The molecule has 0 spiro atoms. The summed E-state index contributed by atoms with van der Waals surface area (Å²) in [6, 6.07) is 15.4. The predicted octanol–water partition coefficient (Wildman–Crippen LogP) is 4.45. The van der Waals surface area contributed by atoms with E-state index in [4.69, 9.17) is 4.74 Å². The number of hydrogen-bond acceptors (Lipinski definition) is 4. The maximum Gasteiger partial charge on any atom is 0.407 e. The minimum Gasteiger partial charge on any atom is -0.481 e. The van der Waals surface area contributed by atoms with Gasteiger partial charge in [-0.05, 0) is 47.9 Å². The number of fused-ring (bicyclic) bond motifs is 3. The Morgan fingerprint density at radius 1 is 1.03 bits per heavy atom. The van der Waals surface area contributed by atoms with Gasteiger partial charge in [-0.1, -0.05) is 68.3 Å². The Balaban J connectivity index is 1.36. The lowest BCUT2D eigenvalue weighted by atomic mass is 9.98. The van der Waals surface area contributed by atoms with E-state index >= 15 is 0 Å². The molecule has 2 aromatic carbocycles. The van der Waals surface area contributed by atoms with Crippen LogP contribution in [-0.2, 0) is 14.3 Å². The normalized spacial score (nSPS) is 19.7. The molecule has 2 aliphatic rings. The quantitative estimate of drug-likeness (QED) is 0.508. The molecule has 3 N–H and O–H groups in total. The van der Waals surface area contributed by atoms with Gasteiger partial charge in [-0.2, -0.15) is 0 Å². The van der Waals surface area contributed by atoms with Gasteiger partial charge < -0.3 is 20.5 Å². The molecular formula is C27H32N2O5. The smallest absolute Gasteiger partial charge is 0.407 e. The second-order valence-corrected chi connectivity index (χ2v) is 9.22. The van der Waals surface area contributed by atoms with E-state index in [1.165, 1.54) is 0 Å². The van der Waals surface area contributed by atoms with E-state index in [0.29, 0.717) is 25.7 Å². The first kappa shape index (κ1) is 23.8. The highest BCUT2D eigenvalue weighted by atomic mass is 16.5. The second kappa shape index (κ2) is 10.7. The number of amides is 2. The number of carbonyl (C=O) groups is 3. The molecular weight excluding hydrogens is 432 g/mol. The SMILES string of the molecule is CCCCC(NC(=O)OCC1c2ccccc2-c2ccccc21)C(=O)N[C@@H]1CC[C@H](C(=O)O)C1. The van der Waals surface area contributed by atoms with E-state index in [1.807, 2.05) is 31.2 Å². The van der Waals surface area contributed by atoms with Crippen molar-refractivity contribution in [3.63, 3.8) is 0 Å². The van der Waals surface area contributed by atoms with Crippen molar-refractivity contribution in [2.75, 3.05) is 6.61 Å². The summed E-state index contributed by atoms with van der Waals surface area (Å²) in [5.41, 5.74) is 4.57. The minimum absolute atomic E-state index is 0.0486. The molecule has 4 rings (SSSR count). The lowest BCUT2D eigenvalue weighted by Gasteiger charge is -2.21. The number of benzene rings is 2. The Labute approximate surface area is 199 Å². The van der Waals surface area contributed by atoms with Crippen LogP contribution in [0.25, 0.3) is 11.1 Å². The number of unbranched alkanes of at least 4 members (excludes halogenated alkanes) is 1. The average Bonchev–Trinajstić information content (AvgIpc) is 3.43. The van der Waals surface area contributed by atoms with E-state index in [-0.39, 0.29) is 24.5 Å². The zero-order valence-corrected chi connectivity index (χ0v) is 19.5. The molecule has 1 unspecified atom stereocenters. The van der Waals surface area contributed by atoms with E-state index in [9.17, 15) is 19.5 Å². The average molecular weight is 465 g/mol. The largest absolute Gasteiger partial charge is 0.481 e. The van der Waals surface area contributed by atoms with E-state index < -0.39 is 24.0 Å². The molecule has 2 aromatic rings. The van der Waals surface area contributed by atoms with Gasteiger partial charge in [-0.3, -0.25) is 9.59 Å². The highest BCUT2D eigenvalue weighted by Crippen LogP contribution is 2.44. The van der Waals surface area contributed by atoms with Crippen LogP contribution < -0.4 is 10.6 Å². The molecule has 2 amide bonds. The Hall–Kier alpha value is -3.35. The number of hydrogen-bond donors (Lipinski definition) is 3. The van der Waals surface area contributed by atoms with Gasteiger partial charge in [0.2, 0.25) is 5.91 Å². The lowest BCUT2D eigenvalue weighted by molar-refractivity contribution is -0.141. The van der Waals surface area contributed by atoms with Crippen molar-refractivity contribution < 1.29 is 24.2 Å². The maximum atomic E-state index is 12.9. The summed E-state index contributed by atoms with van der Waals surface area (Å²) in [7, 11) is 0. The number of ether oxygens (including phenoxy) is 1. The summed E-state index contributed by atoms with van der Waals surface area (Å²) in [4.78, 5) is 36.8. The summed E-state index contributed by atoms with van der Waals surface area (Å²) >= 11 is 0. The Morgan fingerprint density at radius 3 is 2.26 bits per heavy atom. The number of carboxylic acids is 1. The molecule has 0 aromatic heterocycles. The number of alkyl carbamates (subject to hydrolysis) is 1. The van der Waals surface area contributed by atoms with Crippen molar-refractivity contribution in [1.82, 2.24) is 10.6 Å². The van der Waals surface area contributed by atoms with Gasteiger partial charge in [0.1, 0.15) is 12.6 Å². The Kier molecular flexibility index (Phi) is 7.50. The fourth-order valence-electron chi connectivity index (χ4n) is 5.10. The number of carboxylic acid groups (broad SMARTS) is 1. The third-order valence-electron chi connectivity index (χ3n) is 6.93. The van der Waals surface area contributed by atoms with Crippen LogP contribution >= 0.6 is 0 Å². The van der Waals surface area contributed by atoms with Crippen LogP contribution in [0.2, 0.25) is 0 Å². The molecule has 0 heterocycles. The van der Waals surface area contributed by atoms with Crippen LogP contribution in [0.5, 0.6) is 0 Å². The van der Waals surface area contributed by atoms with Crippen molar-refractivity contribution in [3.8, 4) is 11.1 Å². The Bertz CT molecular complexity index is 1010. The lowest BCUT2D eigenvalue weighted by Crippen LogP contribution is -2.49. The summed E-state index contributed by atoms with van der Waals surface area (Å²) in [6.45, 7) is 2.21. The summed E-state index contributed by atoms with van der Waals surface area (Å²) in [5.74, 6) is -1.57. The van der Waals surface area contributed by atoms with Gasteiger partial charge in [0.05, 0.1) is 5.92 Å². The molecule has 7 heteroatoms. The van der Waals surface area contributed by atoms with Crippen LogP contribution in [0.1, 0.15) is 62.5 Å². The Morgan fingerprint density at radius 2 is 1.68 bits per heavy atom. The molecule has 7 nitrogen and oxygen atoms in total. The fourth-order valence-corrected chi connectivity index (χ4v) is 5.10. The van der Waals surface area contributed by atoms with Gasteiger partial charge in [0, 0.05) is 12.0 Å². The van der Waals surface area contributed by atoms with E-state index in [2.05, 4.69) is 34.9 Å². The summed E-state index contributed by atoms with van der Waals surface area (Å²) < 4.78 is 5.61. The van der Waals surface area contributed by atoms with Crippen molar-refractivity contribution in [2.24, 2.45) is 5.92 Å². The molecule has 180 valence electrons. The first-order valence-corrected chi connectivity index (χ1v) is 12.1. The maximum absolute atomic E-state index is 12.9. The number of nitrogens with one attached hydrogen (secondary N) is 2. The van der Waals surface area contributed by atoms with Gasteiger partial charge >= 0.3 is 12.1 Å². The van der Waals surface area contributed by atoms with Crippen molar-refractivity contribution in [3.05, 3.63) is 59.7 Å². The molecule has 1 fully saturated rings. The predicted molar refractivity (Wildman–Crippen MR) is 128 cm³/mol. The first-order valence-electron chi connectivity index (χ1n) is 12.1. The molecule has 34 heavy (non-hydrogen) atoms. The zero-order valence-electron chi connectivity index (χ0n) is 19.5. The van der Waals surface area contributed by atoms with Crippen LogP contribution in [0.15, 0.2) is 48.5 Å². The molecule has 3 atom stereocenters.